The fourth-order valence-corrected chi connectivity index (χ4v) is 3.39. The van der Waals surface area contributed by atoms with Gasteiger partial charge in [-0.2, -0.15) is 0 Å². The van der Waals surface area contributed by atoms with Gasteiger partial charge in [0.2, 0.25) is 0 Å². The highest BCUT2D eigenvalue weighted by atomic mass is 15.1. The molecule has 0 bridgehead atoms. The first-order valence-corrected chi connectivity index (χ1v) is 8.82. The van der Waals surface area contributed by atoms with Crippen LogP contribution in [0.25, 0.3) is 32.9 Å². The van der Waals surface area contributed by atoms with E-state index in [4.69, 9.17) is 4.98 Å². The van der Waals surface area contributed by atoms with E-state index in [-0.39, 0.29) is 0 Å². The van der Waals surface area contributed by atoms with Crippen LogP contribution in [-0.2, 0) is 0 Å². The number of hydrogen-bond acceptors (Lipinski definition) is 3. The first kappa shape index (κ1) is 16.4. The molecular formula is C23H23N3. The molecule has 0 aliphatic rings. The highest BCUT2D eigenvalue weighted by Crippen LogP contribution is 2.37. The minimum atomic E-state index is 1.03. The molecule has 4 rings (SSSR count). The molecule has 0 unspecified atom stereocenters. The van der Waals surface area contributed by atoms with Gasteiger partial charge >= 0.3 is 0 Å². The summed E-state index contributed by atoms with van der Waals surface area (Å²) in [5.41, 5.74) is 6.88. The Hall–Kier alpha value is -3.07. The number of hydrogen-bond donors (Lipinski definition) is 0. The number of aromatic nitrogens is 1. The second-order valence-electron chi connectivity index (χ2n) is 7.04. The van der Waals surface area contributed by atoms with Crippen LogP contribution >= 0.6 is 0 Å². The first-order valence-electron chi connectivity index (χ1n) is 8.82. The number of nitrogens with zero attached hydrogens (tertiary/aromatic N) is 3. The van der Waals surface area contributed by atoms with E-state index in [9.17, 15) is 0 Å². The average molecular weight is 341 g/mol. The van der Waals surface area contributed by atoms with Crippen LogP contribution in [0.4, 0.5) is 11.4 Å². The molecule has 26 heavy (non-hydrogen) atoms. The molecule has 3 heteroatoms. The number of pyridine rings is 1. The maximum Gasteiger partial charge on any atom is 0.0717 e. The zero-order valence-corrected chi connectivity index (χ0v) is 15.7. The molecule has 3 aromatic carbocycles. The molecule has 0 fully saturated rings. The molecule has 0 saturated heterocycles. The zero-order chi connectivity index (χ0) is 18.3. The Morgan fingerprint density at radius 1 is 0.615 bits per heavy atom. The molecule has 130 valence electrons. The van der Waals surface area contributed by atoms with Crippen LogP contribution < -0.4 is 9.80 Å². The summed E-state index contributed by atoms with van der Waals surface area (Å²) >= 11 is 0. The first-order chi connectivity index (χ1) is 12.5. The van der Waals surface area contributed by atoms with E-state index in [0.717, 1.165) is 11.0 Å². The van der Waals surface area contributed by atoms with Crippen molar-refractivity contribution in [2.75, 3.05) is 38.0 Å². The van der Waals surface area contributed by atoms with Crippen LogP contribution in [-0.4, -0.2) is 33.2 Å². The maximum atomic E-state index is 4.93. The van der Waals surface area contributed by atoms with Crippen LogP contribution in [0.2, 0.25) is 0 Å². The molecular weight excluding hydrogens is 318 g/mol. The number of fused-ring (bicyclic) bond motifs is 2. The van der Waals surface area contributed by atoms with Gasteiger partial charge in [0, 0.05) is 55.9 Å². The molecule has 0 aliphatic heterocycles. The van der Waals surface area contributed by atoms with Gasteiger partial charge in [-0.25, -0.2) is 4.98 Å². The van der Waals surface area contributed by atoms with Gasteiger partial charge in [-0.05, 0) is 42.0 Å². The van der Waals surface area contributed by atoms with Gasteiger partial charge in [0.25, 0.3) is 0 Å². The van der Waals surface area contributed by atoms with E-state index >= 15 is 0 Å². The lowest BCUT2D eigenvalue weighted by atomic mass is 9.95. The highest BCUT2D eigenvalue weighted by Gasteiger charge is 2.13. The lowest BCUT2D eigenvalue weighted by molar-refractivity contribution is 1.13. The van der Waals surface area contributed by atoms with Gasteiger partial charge in [-0.3, -0.25) is 0 Å². The van der Waals surface area contributed by atoms with Gasteiger partial charge in [-0.1, -0.05) is 30.3 Å². The zero-order valence-electron chi connectivity index (χ0n) is 15.7. The van der Waals surface area contributed by atoms with E-state index in [1.807, 2.05) is 0 Å². The van der Waals surface area contributed by atoms with Crippen LogP contribution in [0.1, 0.15) is 0 Å². The van der Waals surface area contributed by atoms with Gasteiger partial charge in [0.1, 0.15) is 0 Å². The standard InChI is InChI=1S/C23H23N3/c1-25(2)17-10-12-21-19(14-17)23(16-8-6-5-7-9-16)20-15-18(26(3)4)11-13-22(20)24-21/h5-15H,1-4H3. The van der Waals surface area contributed by atoms with Gasteiger partial charge < -0.3 is 9.80 Å². The van der Waals surface area contributed by atoms with Crippen LogP contribution in [0.15, 0.2) is 66.7 Å². The van der Waals surface area contributed by atoms with Crippen molar-refractivity contribution in [3.63, 3.8) is 0 Å². The van der Waals surface area contributed by atoms with Crippen LogP contribution in [0.3, 0.4) is 0 Å². The lowest BCUT2D eigenvalue weighted by Crippen LogP contribution is -2.09. The molecule has 1 heterocycles. The third-order valence-corrected chi connectivity index (χ3v) is 4.84. The Kier molecular flexibility index (Phi) is 4.00. The summed E-state index contributed by atoms with van der Waals surface area (Å²) < 4.78 is 0. The van der Waals surface area contributed by atoms with Gasteiger partial charge in [0.05, 0.1) is 11.0 Å². The Morgan fingerprint density at radius 3 is 1.58 bits per heavy atom. The van der Waals surface area contributed by atoms with E-state index in [0.29, 0.717) is 0 Å². The van der Waals surface area contributed by atoms with Crippen molar-refractivity contribution in [2.24, 2.45) is 0 Å². The summed E-state index contributed by atoms with van der Waals surface area (Å²) in [6.07, 6.45) is 0. The predicted molar refractivity (Wildman–Crippen MR) is 113 cm³/mol. The fraction of sp³-hybridized carbons (Fsp3) is 0.174. The lowest BCUT2D eigenvalue weighted by Gasteiger charge is -2.18. The molecule has 0 atom stereocenters. The monoisotopic (exact) mass is 341 g/mol. The van der Waals surface area contributed by atoms with Crippen LogP contribution in [0.5, 0.6) is 0 Å². The number of anilines is 2. The minimum Gasteiger partial charge on any atom is -0.378 e. The molecule has 0 aliphatic carbocycles. The second-order valence-corrected chi connectivity index (χ2v) is 7.04. The normalized spacial score (nSPS) is 11.1. The molecule has 0 saturated carbocycles. The molecule has 0 spiro atoms. The van der Waals surface area contributed by atoms with Crippen molar-refractivity contribution < 1.29 is 0 Å². The van der Waals surface area contributed by atoms with Crippen molar-refractivity contribution >= 4 is 33.2 Å². The molecule has 1 aromatic heterocycles. The third-order valence-electron chi connectivity index (χ3n) is 4.84. The molecule has 0 radical (unpaired) electrons. The Labute approximate surface area is 154 Å². The summed E-state index contributed by atoms with van der Waals surface area (Å²) in [6, 6.07) is 23.6. The van der Waals surface area contributed by atoms with Crippen molar-refractivity contribution in [1.29, 1.82) is 0 Å². The largest absolute Gasteiger partial charge is 0.378 e. The summed E-state index contributed by atoms with van der Waals surface area (Å²) in [7, 11) is 8.29. The number of rotatable bonds is 3. The van der Waals surface area contributed by atoms with Crippen molar-refractivity contribution in [2.45, 2.75) is 0 Å². The fourth-order valence-electron chi connectivity index (χ4n) is 3.39. The summed E-state index contributed by atoms with van der Waals surface area (Å²) in [4.78, 5) is 9.19. The van der Waals surface area contributed by atoms with E-state index in [1.54, 1.807) is 0 Å². The molecule has 4 aromatic rings. The average Bonchev–Trinajstić information content (AvgIpc) is 2.65. The third kappa shape index (κ3) is 2.76. The minimum absolute atomic E-state index is 1.03. The van der Waals surface area contributed by atoms with Crippen molar-refractivity contribution in [1.82, 2.24) is 4.98 Å². The molecule has 0 N–H and O–H groups in total. The molecule has 3 nitrogen and oxygen atoms in total. The summed E-state index contributed by atoms with van der Waals surface area (Å²) in [5, 5.41) is 2.37. The Morgan fingerprint density at radius 2 is 1.12 bits per heavy atom. The Balaban J connectivity index is 2.16. The van der Waals surface area contributed by atoms with Crippen molar-refractivity contribution in [3.8, 4) is 11.1 Å². The maximum absolute atomic E-state index is 4.93. The molecule has 0 amide bonds. The SMILES string of the molecule is CN(C)c1ccc2nc3ccc(N(C)C)cc3c(-c3ccccc3)c2c1. The van der Waals surface area contributed by atoms with E-state index in [1.165, 1.54) is 33.3 Å². The van der Waals surface area contributed by atoms with E-state index < -0.39 is 0 Å². The number of benzene rings is 3. The van der Waals surface area contributed by atoms with Gasteiger partial charge in [-0.15, -0.1) is 0 Å². The van der Waals surface area contributed by atoms with E-state index in [2.05, 4.69) is 105 Å². The van der Waals surface area contributed by atoms with Crippen LogP contribution in [0, 0.1) is 0 Å². The Bertz CT molecular complexity index is 1020. The summed E-state index contributed by atoms with van der Waals surface area (Å²) in [6.45, 7) is 0. The summed E-state index contributed by atoms with van der Waals surface area (Å²) in [5.74, 6) is 0. The topological polar surface area (TPSA) is 19.4 Å². The predicted octanol–water partition coefficient (Wildman–Crippen LogP) is 5.19. The van der Waals surface area contributed by atoms with Crippen molar-refractivity contribution in [3.05, 3.63) is 66.7 Å². The van der Waals surface area contributed by atoms with Gasteiger partial charge in [0.15, 0.2) is 0 Å². The second kappa shape index (κ2) is 6.34. The smallest absolute Gasteiger partial charge is 0.0717 e. The highest BCUT2D eigenvalue weighted by molar-refractivity contribution is 6.10. The quantitative estimate of drug-likeness (QED) is 0.478.